The van der Waals surface area contributed by atoms with E-state index in [4.69, 9.17) is 4.74 Å². The standard InChI is InChI=1S/C31H29N3O5S2/c1-2-39-21-14-17-25-26(18-21)41-31(33-25)34-29(36)27(19-8-4-3-5-9-19)40-22-15-12-20(13-16-22)32-28(35)23-10-6-7-11-24(23)30(37)38/h3-9,12-18,23-24,27H,2,10-11H2,1H3,(H,32,35)(H,37,38)(H,33,34,36). The molecule has 3 N–H and O–H groups in total. The first-order chi connectivity index (χ1) is 19.9. The van der Waals surface area contributed by atoms with Gasteiger partial charge >= 0.3 is 5.97 Å². The minimum absolute atomic E-state index is 0.201. The number of carbonyl (C=O) groups is 3. The summed E-state index contributed by atoms with van der Waals surface area (Å²) >= 11 is 2.78. The maximum Gasteiger partial charge on any atom is 0.307 e. The number of rotatable bonds is 10. The number of nitrogens with one attached hydrogen (secondary N) is 2. The van der Waals surface area contributed by atoms with Crippen molar-refractivity contribution in [3.05, 3.63) is 90.5 Å². The number of anilines is 2. The lowest BCUT2D eigenvalue weighted by molar-refractivity contribution is -0.146. The lowest BCUT2D eigenvalue weighted by atomic mass is 9.82. The van der Waals surface area contributed by atoms with Gasteiger partial charge in [0.1, 0.15) is 11.0 Å². The Kier molecular flexibility index (Phi) is 9.01. The number of nitrogens with zero attached hydrogens (tertiary/aromatic N) is 1. The number of aromatic nitrogens is 1. The van der Waals surface area contributed by atoms with Gasteiger partial charge in [-0.2, -0.15) is 0 Å². The summed E-state index contributed by atoms with van der Waals surface area (Å²) in [5.74, 6) is -2.07. The van der Waals surface area contributed by atoms with E-state index in [0.29, 0.717) is 30.3 Å². The molecule has 0 radical (unpaired) electrons. The molecule has 8 nitrogen and oxygen atoms in total. The number of thiazole rings is 1. The largest absolute Gasteiger partial charge is 0.494 e. The molecule has 1 heterocycles. The summed E-state index contributed by atoms with van der Waals surface area (Å²) in [6.45, 7) is 2.50. The first-order valence-corrected chi connectivity index (χ1v) is 15.0. The Morgan fingerprint density at radius 1 is 1.00 bits per heavy atom. The molecule has 0 saturated carbocycles. The van der Waals surface area contributed by atoms with Crippen LogP contribution in [-0.2, 0) is 14.4 Å². The summed E-state index contributed by atoms with van der Waals surface area (Å²) < 4.78 is 6.50. The number of hydrogen-bond donors (Lipinski definition) is 3. The first kappa shape index (κ1) is 28.4. The van der Waals surface area contributed by atoms with Gasteiger partial charge in [-0.1, -0.05) is 53.8 Å². The van der Waals surface area contributed by atoms with E-state index in [1.54, 1.807) is 12.1 Å². The number of amides is 2. The van der Waals surface area contributed by atoms with Crippen molar-refractivity contribution in [2.24, 2.45) is 11.8 Å². The van der Waals surface area contributed by atoms with E-state index in [1.807, 2.05) is 79.7 Å². The SMILES string of the molecule is CCOc1ccc2nc(NC(=O)C(Sc3ccc(NC(=O)C4CC=CCC4C(=O)O)cc3)c3ccccc3)sc2c1. The van der Waals surface area contributed by atoms with Crippen LogP contribution in [0.4, 0.5) is 10.8 Å². The molecule has 0 bridgehead atoms. The van der Waals surface area contributed by atoms with Gasteiger partial charge in [-0.15, -0.1) is 11.8 Å². The molecule has 41 heavy (non-hydrogen) atoms. The van der Waals surface area contributed by atoms with Crippen LogP contribution in [0.25, 0.3) is 10.2 Å². The number of hydrogen-bond acceptors (Lipinski definition) is 7. The van der Waals surface area contributed by atoms with Crippen molar-refractivity contribution in [3.63, 3.8) is 0 Å². The number of carboxylic acids is 1. The Morgan fingerprint density at radius 2 is 1.73 bits per heavy atom. The van der Waals surface area contributed by atoms with Crippen LogP contribution in [0.5, 0.6) is 5.75 Å². The van der Waals surface area contributed by atoms with Crippen LogP contribution >= 0.6 is 23.1 Å². The van der Waals surface area contributed by atoms with Gasteiger partial charge in [0.2, 0.25) is 11.8 Å². The molecule has 5 rings (SSSR count). The summed E-state index contributed by atoms with van der Waals surface area (Å²) in [5, 5.41) is 15.3. The van der Waals surface area contributed by atoms with Crippen molar-refractivity contribution in [1.82, 2.24) is 4.98 Å². The van der Waals surface area contributed by atoms with Crippen molar-refractivity contribution in [3.8, 4) is 5.75 Å². The van der Waals surface area contributed by atoms with Gasteiger partial charge < -0.3 is 20.5 Å². The summed E-state index contributed by atoms with van der Waals surface area (Å²) in [7, 11) is 0. The van der Waals surface area contributed by atoms with Crippen LogP contribution in [0.1, 0.15) is 30.6 Å². The monoisotopic (exact) mass is 587 g/mol. The smallest absolute Gasteiger partial charge is 0.307 e. The molecule has 0 aliphatic heterocycles. The fourth-order valence-corrected chi connectivity index (χ4v) is 6.57. The molecule has 3 aromatic carbocycles. The number of ether oxygens (including phenoxy) is 1. The maximum absolute atomic E-state index is 13.5. The highest BCUT2D eigenvalue weighted by molar-refractivity contribution is 8.00. The second-order valence-electron chi connectivity index (χ2n) is 9.49. The summed E-state index contributed by atoms with van der Waals surface area (Å²) in [5.41, 5.74) is 2.20. The second-order valence-corrected chi connectivity index (χ2v) is 11.7. The lowest BCUT2D eigenvalue weighted by Gasteiger charge is -2.24. The van der Waals surface area contributed by atoms with Gasteiger partial charge in [-0.3, -0.25) is 14.4 Å². The average Bonchev–Trinajstić information content (AvgIpc) is 3.38. The molecule has 210 valence electrons. The van der Waals surface area contributed by atoms with Gasteiger partial charge in [0.25, 0.3) is 0 Å². The minimum atomic E-state index is -0.965. The minimum Gasteiger partial charge on any atom is -0.494 e. The molecule has 0 saturated heterocycles. The van der Waals surface area contributed by atoms with E-state index < -0.39 is 23.1 Å². The quantitative estimate of drug-likeness (QED) is 0.138. The van der Waals surface area contributed by atoms with Crippen LogP contribution < -0.4 is 15.4 Å². The number of benzene rings is 3. The highest BCUT2D eigenvalue weighted by Crippen LogP contribution is 2.38. The van der Waals surface area contributed by atoms with E-state index in [0.717, 1.165) is 26.4 Å². The van der Waals surface area contributed by atoms with Crippen LogP contribution in [0.3, 0.4) is 0 Å². The first-order valence-electron chi connectivity index (χ1n) is 13.3. The molecule has 1 aliphatic rings. The number of carbonyl (C=O) groups excluding carboxylic acids is 2. The van der Waals surface area contributed by atoms with Gasteiger partial charge in [-0.05, 0) is 67.8 Å². The van der Waals surface area contributed by atoms with E-state index in [1.165, 1.54) is 23.1 Å². The Hall–Kier alpha value is -4.15. The van der Waals surface area contributed by atoms with Crippen LogP contribution in [0, 0.1) is 11.8 Å². The molecular weight excluding hydrogens is 558 g/mol. The summed E-state index contributed by atoms with van der Waals surface area (Å²) in [4.78, 5) is 43.4. The van der Waals surface area contributed by atoms with E-state index in [2.05, 4.69) is 15.6 Å². The van der Waals surface area contributed by atoms with Crippen molar-refractivity contribution in [2.45, 2.75) is 29.9 Å². The topological polar surface area (TPSA) is 118 Å². The molecule has 10 heteroatoms. The van der Waals surface area contributed by atoms with E-state index in [-0.39, 0.29) is 11.8 Å². The molecule has 1 aromatic heterocycles. The zero-order valence-corrected chi connectivity index (χ0v) is 23.9. The normalized spacial score (nSPS) is 17.1. The van der Waals surface area contributed by atoms with Crippen molar-refractivity contribution < 1.29 is 24.2 Å². The average molecular weight is 588 g/mol. The molecule has 3 atom stereocenters. The van der Waals surface area contributed by atoms with Crippen LogP contribution in [0.2, 0.25) is 0 Å². The third-order valence-electron chi connectivity index (χ3n) is 6.70. The number of thioether (sulfide) groups is 1. The highest BCUT2D eigenvalue weighted by Gasteiger charge is 2.34. The maximum atomic E-state index is 13.5. The zero-order valence-electron chi connectivity index (χ0n) is 22.3. The van der Waals surface area contributed by atoms with Gasteiger partial charge in [0.05, 0.1) is 28.7 Å². The molecule has 2 amide bonds. The summed E-state index contributed by atoms with van der Waals surface area (Å²) in [6, 6.07) is 22.4. The van der Waals surface area contributed by atoms with Crippen molar-refractivity contribution in [2.75, 3.05) is 17.2 Å². The van der Waals surface area contributed by atoms with Gasteiger partial charge in [-0.25, -0.2) is 4.98 Å². The molecule has 4 aromatic rings. The molecule has 1 aliphatic carbocycles. The van der Waals surface area contributed by atoms with Crippen LogP contribution in [0.15, 0.2) is 89.8 Å². The Bertz CT molecular complexity index is 1570. The molecular formula is C31H29N3O5S2. The predicted molar refractivity (Wildman–Crippen MR) is 163 cm³/mol. The summed E-state index contributed by atoms with van der Waals surface area (Å²) in [6.07, 6.45) is 4.40. The molecule has 0 fully saturated rings. The van der Waals surface area contributed by atoms with Crippen molar-refractivity contribution >= 4 is 61.9 Å². The molecule has 3 unspecified atom stereocenters. The Balaban J connectivity index is 1.29. The van der Waals surface area contributed by atoms with Crippen molar-refractivity contribution in [1.29, 1.82) is 0 Å². The lowest BCUT2D eigenvalue weighted by Crippen LogP contribution is -2.34. The van der Waals surface area contributed by atoms with E-state index >= 15 is 0 Å². The van der Waals surface area contributed by atoms with Crippen LogP contribution in [-0.4, -0.2) is 34.5 Å². The van der Waals surface area contributed by atoms with Gasteiger partial charge in [0, 0.05) is 10.6 Å². The third kappa shape index (κ3) is 6.96. The fourth-order valence-electron chi connectivity index (χ4n) is 4.65. The second kappa shape index (κ2) is 13.0. The fraction of sp³-hybridized carbons (Fsp3) is 0.226. The number of carboxylic acid groups (broad SMARTS) is 1. The van der Waals surface area contributed by atoms with E-state index in [9.17, 15) is 19.5 Å². The third-order valence-corrected chi connectivity index (χ3v) is 8.90. The molecule has 0 spiro atoms. The number of aliphatic carboxylic acids is 1. The zero-order chi connectivity index (χ0) is 28.8. The Labute approximate surface area is 245 Å². The number of allylic oxidation sites excluding steroid dienone is 2. The number of fused-ring (bicyclic) bond motifs is 1. The van der Waals surface area contributed by atoms with Gasteiger partial charge in [0.15, 0.2) is 5.13 Å². The predicted octanol–water partition coefficient (Wildman–Crippen LogP) is 6.77. The highest BCUT2D eigenvalue weighted by atomic mass is 32.2. The Morgan fingerprint density at radius 3 is 2.44 bits per heavy atom.